The summed E-state index contributed by atoms with van der Waals surface area (Å²) < 4.78 is 0. The predicted octanol–water partition coefficient (Wildman–Crippen LogP) is 3.43. The Balaban J connectivity index is 2.05. The molecular weight excluding hydrogens is 238 g/mol. The third-order valence-electron chi connectivity index (χ3n) is 2.75. The second-order valence-electron chi connectivity index (χ2n) is 4.25. The zero-order valence-electron chi connectivity index (χ0n) is 10.5. The van der Waals surface area contributed by atoms with Crippen molar-refractivity contribution in [3.05, 3.63) is 57.8 Å². The quantitative estimate of drug-likeness (QED) is 0.836. The molecule has 92 valence electrons. The standard InChI is InChI=1S/C16H17NS/c1-2-14(17)12-16-11-10-15(18-16)9-8-13-6-4-3-5-7-13/h3-7,10-11,14H,2,12,17H2,1H3. The molecule has 0 aliphatic carbocycles. The lowest BCUT2D eigenvalue weighted by Gasteiger charge is -2.04. The molecule has 1 atom stereocenters. The molecule has 0 aliphatic heterocycles. The summed E-state index contributed by atoms with van der Waals surface area (Å²) in [6.07, 6.45) is 1.97. The van der Waals surface area contributed by atoms with Gasteiger partial charge in [0.1, 0.15) is 0 Å². The molecule has 2 rings (SSSR count). The molecule has 0 saturated carbocycles. The lowest BCUT2D eigenvalue weighted by atomic mass is 10.1. The lowest BCUT2D eigenvalue weighted by molar-refractivity contribution is 0.652. The normalized spacial score (nSPS) is 11.7. The molecule has 1 aromatic heterocycles. The summed E-state index contributed by atoms with van der Waals surface area (Å²) in [7, 11) is 0. The highest BCUT2D eigenvalue weighted by atomic mass is 32.1. The van der Waals surface area contributed by atoms with Gasteiger partial charge in [-0.3, -0.25) is 0 Å². The second kappa shape index (κ2) is 6.39. The first-order valence-corrected chi connectivity index (χ1v) is 7.01. The van der Waals surface area contributed by atoms with Gasteiger partial charge < -0.3 is 5.73 Å². The zero-order chi connectivity index (χ0) is 12.8. The van der Waals surface area contributed by atoms with Crippen molar-refractivity contribution in [1.29, 1.82) is 0 Å². The summed E-state index contributed by atoms with van der Waals surface area (Å²) in [6, 6.07) is 14.5. The van der Waals surface area contributed by atoms with Crippen LogP contribution >= 0.6 is 11.3 Å². The highest BCUT2D eigenvalue weighted by molar-refractivity contribution is 7.12. The summed E-state index contributed by atoms with van der Waals surface area (Å²) in [6.45, 7) is 2.12. The van der Waals surface area contributed by atoms with E-state index < -0.39 is 0 Å². The Morgan fingerprint density at radius 3 is 2.61 bits per heavy atom. The molecule has 1 heterocycles. The van der Waals surface area contributed by atoms with Gasteiger partial charge in [-0.25, -0.2) is 0 Å². The molecule has 0 fully saturated rings. The van der Waals surface area contributed by atoms with Crippen molar-refractivity contribution in [2.24, 2.45) is 5.73 Å². The van der Waals surface area contributed by atoms with E-state index in [1.807, 2.05) is 30.3 Å². The average molecular weight is 255 g/mol. The van der Waals surface area contributed by atoms with Crippen LogP contribution in [0.2, 0.25) is 0 Å². The molecule has 18 heavy (non-hydrogen) atoms. The van der Waals surface area contributed by atoms with Gasteiger partial charge in [-0.05, 0) is 37.1 Å². The molecule has 1 aromatic carbocycles. The van der Waals surface area contributed by atoms with Crippen LogP contribution in [0.15, 0.2) is 42.5 Å². The molecule has 0 amide bonds. The van der Waals surface area contributed by atoms with Crippen LogP contribution in [-0.2, 0) is 6.42 Å². The molecule has 2 N–H and O–H groups in total. The molecule has 0 saturated heterocycles. The summed E-state index contributed by atoms with van der Waals surface area (Å²) in [5.74, 6) is 6.37. The second-order valence-corrected chi connectivity index (χ2v) is 5.42. The summed E-state index contributed by atoms with van der Waals surface area (Å²) in [5, 5.41) is 0. The van der Waals surface area contributed by atoms with Crippen molar-refractivity contribution < 1.29 is 0 Å². The molecular formula is C16H17NS. The van der Waals surface area contributed by atoms with Gasteiger partial charge in [-0.15, -0.1) is 11.3 Å². The molecule has 1 nitrogen and oxygen atoms in total. The first-order valence-electron chi connectivity index (χ1n) is 6.19. The Bertz CT molecular complexity index is 545. The van der Waals surface area contributed by atoms with Crippen LogP contribution in [0.25, 0.3) is 0 Å². The monoisotopic (exact) mass is 255 g/mol. The summed E-state index contributed by atoms with van der Waals surface area (Å²) in [5.41, 5.74) is 7.00. The van der Waals surface area contributed by atoms with E-state index in [9.17, 15) is 0 Å². The minimum atomic E-state index is 0.263. The van der Waals surface area contributed by atoms with Gasteiger partial charge >= 0.3 is 0 Å². The number of rotatable bonds is 3. The fourth-order valence-corrected chi connectivity index (χ4v) is 2.57. The molecule has 2 aromatic rings. The SMILES string of the molecule is CCC(N)Cc1ccc(C#Cc2ccccc2)s1. The Hall–Kier alpha value is -1.56. The molecule has 0 aliphatic rings. The Labute approximate surface area is 113 Å². The van der Waals surface area contributed by atoms with Gasteiger partial charge in [0.2, 0.25) is 0 Å². The van der Waals surface area contributed by atoms with E-state index in [-0.39, 0.29) is 6.04 Å². The summed E-state index contributed by atoms with van der Waals surface area (Å²) >= 11 is 1.74. The maximum absolute atomic E-state index is 5.95. The minimum absolute atomic E-state index is 0.263. The van der Waals surface area contributed by atoms with E-state index in [1.54, 1.807) is 11.3 Å². The number of hydrogen-bond acceptors (Lipinski definition) is 2. The topological polar surface area (TPSA) is 26.0 Å². The molecule has 2 heteroatoms. The Morgan fingerprint density at radius 1 is 1.11 bits per heavy atom. The van der Waals surface area contributed by atoms with E-state index in [4.69, 9.17) is 5.73 Å². The van der Waals surface area contributed by atoms with Gasteiger partial charge in [0.15, 0.2) is 0 Å². The number of benzene rings is 1. The maximum Gasteiger partial charge on any atom is 0.0775 e. The fourth-order valence-electron chi connectivity index (χ4n) is 1.61. The molecule has 0 bridgehead atoms. The van der Waals surface area contributed by atoms with Crippen LogP contribution in [0.4, 0.5) is 0 Å². The van der Waals surface area contributed by atoms with Crippen molar-refractivity contribution in [3.63, 3.8) is 0 Å². The van der Waals surface area contributed by atoms with Crippen molar-refractivity contribution in [3.8, 4) is 11.8 Å². The van der Waals surface area contributed by atoms with Crippen molar-refractivity contribution in [2.75, 3.05) is 0 Å². The Morgan fingerprint density at radius 2 is 1.89 bits per heavy atom. The molecule has 0 spiro atoms. The van der Waals surface area contributed by atoms with E-state index in [0.29, 0.717) is 0 Å². The minimum Gasteiger partial charge on any atom is -0.327 e. The zero-order valence-corrected chi connectivity index (χ0v) is 11.3. The van der Waals surface area contributed by atoms with Crippen LogP contribution in [0, 0.1) is 11.8 Å². The highest BCUT2D eigenvalue weighted by Crippen LogP contribution is 2.17. The van der Waals surface area contributed by atoms with Crippen LogP contribution < -0.4 is 5.73 Å². The van der Waals surface area contributed by atoms with E-state index >= 15 is 0 Å². The number of nitrogens with two attached hydrogens (primary N) is 1. The predicted molar refractivity (Wildman–Crippen MR) is 78.7 cm³/mol. The average Bonchev–Trinajstić information content (AvgIpc) is 2.85. The number of hydrogen-bond donors (Lipinski definition) is 1. The van der Waals surface area contributed by atoms with E-state index in [2.05, 4.69) is 30.9 Å². The van der Waals surface area contributed by atoms with Crippen LogP contribution in [0.3, 0.4) is 0 Å². The number of thiophene rings is 1. The van der Waals surface area contributed by atoms with Crippen molar-refractivity contribution >= 4 is 11.3 Å². The van der Waals surface area contributed by atoms with Gasteiger partial charge in [0.05, 0.1) is 4.88 Å². The summed E-state index contributed by atoms with van der Waals surface area (Å²) in [4.78, 5) is 2.43. The van der Waals surface area contributed by atoms with Crippen LogP contribution in [-0.4, -0.2) is 6.04 Å². The Kier molecular flexibility index (Phi) is 4.58. The largest absolute Gasteiger partial charge is 0.327 e. The van der Waals surface area contributed by atoms with Gasteiger partial charge in [0, 0.05) is 16.5 Å². The van der Waals surface area contributed by atoms with Gasteiger partial charge in [-0.1, -0.05) is 37.0 Å². The van der Waals surface area contributed by atoms with Crippen LogP contribution in [0.1, 0.15) is 28.7 Å². The van der Waals surface area contributed by atoms with Crippen molar-refractivity contribution in [2.45, 2.75) is 25.8 Å². The molecule has 1 unspecified atom stereocenters. The highest BCUT2D eigenvalue weighted by Gasteiger charge is 2.03. The van der Waals surface area contributed by atoms with E-state index in [1.165, 1.54) is 4.88 Å². The molecule has 0 radical (unpaired) electrons. The first-order chi connectivity index (χ1) is 8.78. The van der Waals surface area contributed by atoms with E-state index in [0.717, 1.165) is 23.3 Å². The third-order valence-corrected chi connectivity index (χ3v) is 3.78. The smallest absolute Gasteiger partial charge is 0.0775 e. The van der Waals surface area contributed by atoms with Crippen molar-refractivity contribution in [1.82, 2.24) is 0 Å². The third kappa shape index (κ3) is 3.73. The van der Waals surface area contributed by atoms with Crippen LogP contribution in [0.5, 0.6) is 0 Å². The van der Waals surface area contributed by atoms with Gasteiger partial charge in [-0.2, -0.15) is 0 Å². The maximum atomic E-state index is 5.95. The fraction of sp³-hybridized carbons (Fsp3) is 0.250. The van der Waals surface area contributed by atoms with Gasteiger partial charge in [0.25, 0.3) is 0 Å². The lowest BCUT2D eigenvalue weighted by Crippen LogP contribution is -2.20. The first kappa shape index (κ1) is 12.9.